The van der Waals surface area contributed by atoms with Crippen LogP contribution >= 0.6 is 0 Å². The molecule has 0 radical (unpaired) electrons. The Morgan fingerprint density at radius 2 is 1.60 bits per heavy atom. The van der Waals surface area contributed by atoms with Gasteiger partial charge in [0.15, 0.2) is 0 Å². The van der Waals surface area contributed by atoms with Crippen LogP contribution < -0.4 is 14.8 Å². The molecule has 3 rings (SSSR count). The number of imidazole rings is 1. The van der Waals surface area contributed by atoms with Crippen molar-refractivity contribution in [3.05, 3.63) is 40.5 Å². The predicted molar refractivity (Wildman–Crippen MR) is 189 cm³/mol. The molecule has 4 unspecified atom stereocenters. The third-order valence-electron chi connectivity index (χ3n) is 10.2. The number of benzene rings is 1. The van der Waals surface area contributed by atoms with Gasteiger partial charge in [0.05, 0.1) is 12.7 Å². The lowest BCUT2D eigenvalue weighted by Crippen LogP contribution is -2.42. The monoisotopic (exact) mass is 667 g/mol. The van der Waals surface area contributed by atoms with E-state index in [4.69, 9.17) is 9.47 Å². The molecule has 9 heteroatoms. The number of aliphatic carboxylic acids is 1. The van der Waals surface area contributed by atoms with Crippen LogP contribution in [-0.2, 0) is 27.2 Å². The minimum Gasteiger partial charge on any atom is -0.487 e. The fraction of sp³-hybridized carbons (Fsp3) is 0.692. The average molecular weight is 668 g/mol. The van der Waals surface area contributed by atoms with E-state index in [0.717, 1.165) is 71.4 Å². The van der Waals surface area contributed by atoms with Crippen LogP contribution in [0.1, 0.15) is 140 Å². The van der Waals surface area contributed by atoms with Crippen molar-refractivity contribution in [2.45, 2.75) is 157 Å². The number of fused-ring (bicyclic) bond motifs is 1. The summed E-state index contributed by atoms with van der Waals surface area (Å²) in [4.78, 5) is 43.7. The van der Waals surface area contributed by atoms with E-state index >= 15 is 0 Å². The molecule has 1 aliphatic heterocycles. The molecule has 0 bridgehead atoms. The number of nitrogens with one attached hydrogen (secondary N) is 2. The van der Waals surface area contributed by atoms with Crippen LogP contribution in [0.3, 0.4) is 0 Å². The number of esters is 1. The molecule has 0 saturated heterocycles. The summed E-state index contributed by atoms with van der Waals surface area (Å²) in [7, 11) is 0. The SMILES string of the molecule is Cc1c(C)c2c(c(C)c1OC(=O)CCC(=O)NC(Cc1cnc[nH]1)C(=O)O)CCC(C)(CCCC(C)CCCC(C)CCCC(C)C)O2. The number of hydrogen-bond acceptors (Lipinski definition) is 6. The highest BCUT2D eigenvalue weighted by atomic mass is 16.5. The van der Waals surface area contributed by atoms with Crippen molar-refractivity contribution in [2.75, 3.05) is 0 Å². The molecule has 0 fully saturated rings. The van der Waals surface area contributed by atoms with Gasteiger partial charge in [0.25, 0.3) is 0 Å². The Bertz CT molecular complexity index is 1350. The van der Waals surface area contributed by atoms with Crippen molar-refractivity contribution in [1.82, 2.24) is 15.3 Å². The molecule has 48 heavy (non-hydrogen) atoms. The average Bonchev–Trinajstić information content (AvgIpc) is 3.53. The minimum absolute atomic E-state index is 0.0663. The molecule has 2 aromatic rings. The summed E-state index contributed by atoms with van der Waals surface area (Å²) in [6.07, 6.45) is 15.8. The standard InChI is InChI=1S/C39H61N3O6/c1-25(2)12-9-13-26(3)14-10-15-27(4)16-11-20-39(8)21-19-32-30(7)36(28(5)29(6)37(32)48-39)47-35(44)18-17-34(43)42-33(38(45)46)22-31-23-40-24-41-31/h23-27,33H,9-22H2,1-8H3,(H,40,41)(H,42,43)(H,45,46). The molecule has 1 amide bonds. The van der Waals surface area contributed by atoms with Crippen LogP contribution in [0.5, 0.6) is 11.5 Å². The second kappa shape index (κ2) is 18.4. The van der Waals surface area contributed by atoms with Crippen LogP contribution in [-0.4, -0.2) is 44.6 Å². The third kappa shape index (κ3) is 12.0. The summed E-state index contributed by atoms with van der Waals surface area (Å²) in [6.45, 7) is 17.6. The molecule has 268 valence electrons. The highest BCUT2D eigenvalue weighted by Crippen LogP contribution is 2.45. The molecule has 1 aromatic heterocycles. The van der Waals surface area contributed by atoms with E-state index < -0.39 is 23.9 Å². The van der Waals surface area contributed by atoms with Crippen LogP contribution in [0, 0.1) is 38.5 Å². The molecule has 2 heterocycles. The number of carboxylic acids is 1. The lowest BCUT2D eigenvalue weighted by atomic mass is 9.83. The van der Waals surface area contributed by atoms with Gasteiger partial charge in [-0.05, 0) is 87.8 Å². The number of rotatable bonds is 20. The first-order valence-corrected chi connectivity index (χ1v) is 18.2. The van der Waals surface area contributed by atoms with Gasteiger partial charge in [0, 0.05) is 30.3 Å². The number of carboxylic acid groups (broad SMARTS) is 1. The maximum absolute atomic E-state index is 12.9. The number of ether oxygens (including phenoxy) is 2. The lowest BCUT2D eigenvalue weighted by molar-refractivity contribution is -0.142. The normalized spacial score (nSPS) is 17.7. The van der Waals surface area contributed by atoms with Crippen LogP contribution in [0.2, 0.25) is 0 Å². The van der Waals surface area contributed by atoms with Crippen LogP contribution in [0.25, 0.3) is 0 Å². The Hall–Kier alpha value is -3.36. The van der Waals surface area contributed by atoms with Gasteiger partial charge in [0.1, 0.15) is 23.1 Å². The summed E-state index contributed by atoms with van der Waals surface area (Å²) in [5.74, 6) is 1.57. The Labute approximate surface area is 288 Å². The van der Waals surface area contributed by atoms with Crippen LogP contribution in [0.4, 0.5) is 0 Å². The van der Waals surface area contributed by atoms with Gasteiger partial charge in [-0.15, -0.1) is 0 Å². The van der Waals surface area contributed by atoms with Crippen molar-refractivity contribution in [3.63, 3.8) is 0 Å². The second-order valence-corrected chi connectivity index (χ2v) is 15.1. The smallest absolute Gasteiger partial charge is 0.326 e. The zero-order chi connectivity index (χ0) is 35.4. The number of aromatic amines is 1. The van der Waals surface area contributed by atoms with Gasteiger partial charge in [-0.2, -0.15) is 0 Å². The van der Waals surface area contributed by atoms with Crippen molar-refractivity contribution in [1.29, 1.82) is 0 Å². The summed E-state index contributed by atoms with van der Waals surface area (Å²) in [5, 5.41) is 12.0. The minimum atomic E-state index is -1.16. The Kier molecular flexibility index (Phi) is 15.0. The second-order valence-electron chi connectivity index (χ2n) is 15.1. The Morgan fingerprint density at radius 1 is 0.958 bits per heavy atom. The first kappa shape index (κ1) is 39.1. The Balaban J connectivity index is 1.48. The zero-order valence-electron chi connectivity index (χ0n) is 30.8. The van der Waals surface area contributed by atoms with Gasteiger partial charge in [0.2, 0.25) is 5.91 Å². The fourth-order valence-corrected chi connectivity index (χ4v) is 6.88. The van der Waals surface area contributed by atoms with Gasteiger partial charge in [-0.25, -0.2) is 9.78 Å². The topological polar surface area (TPSA) is 131 Å². The van der Waals surface area contributed by atoms with Crippen molar-refractivity contribution >= 4 is 17.8 Å². The predicted octanol–water partition coefficient (Wildman–Crippen LogP) is 8.36. The number of hydrogen-bond donors (Lipinski definition) is 3. The molecule has 9 nitrogen and oxygen atoms in total. The third-order valence-corrected chi connectivity index (χ3v) is 10.2. The highest BCUT2D eigenvalue weighted by Gasteiger charge is 2.35. The largest absolute Gasteiger partial charge is 0.487 e. The molecule has 1 aromatic carbocycles. The molecular formula is C39H61N3O6. The summed E-state index contributed by atoms with van der Waals surface area (Å²) in [5.41, 5.74) is 4.17. The number of carbonyl (C=O) groups excluding carboxylic acids is 2. The van der Waals surface area contributed by atoms with Crippen molar-refractivity contribution in [3.8, 4) is 11.5 Å². The molecule has 3 N–H and O–H groups in total. The van der Waals surface area contributed by atoms with Gasteiger partial charge >= 0.3 is 11.9 Å². The summed E-state index contributed by atoms with van der Waals surface area (Å²) >= 11 is 0. The number of amides is 1. The van der Waals surface area contributed by atoms with Crippen LogP contribution in [0.15, 0.2) is 12.5 Å². The summed E-state index contributed by atoms with van der Waals surface area (Å²) < 4.78 is 12.6. The van der Waals surface area contributed by atoms with E-state index in [0.29, 0.717) is 11.4 Å². The number of carbonyl (C=O) groups is 3. The Morgan fingerprint density at radius 3 is 2.21 bits per heavy atom. The molecule has 4 atom stereocenters. The van der Waals surface area contributed by atoms with E-state index in [1.54, 1.807) is 0 Å². The van der Waals surface area contributed by atoms with E-state index in [-0.39, 0.29) is 24.9 Å². The molecule has 0 saturated carbocycles. The van der Waals surface area contributed by atoms with Crippen molar-refractivity contribution in [2.24, 2.45) is 17.8 Å². The number of H-pyrrole nitrogens is 1. The fourth-order valence-electron chi connectivity index (χ4n) is 6.88. The maximum atomic E-state index is 12.9. The van der Waals surface area contributed by atoms with Gasteiger partial charge < -0.3 is 24.9 Å². The highest BCUT2D eigenvalue weighted by molar-refractivity contribution is 5.86. The van der Waals surface area contributed by atoms with Gasteiger partial charge in [-0.3, -0.25) is 9.59 Å². The van der Waals surface area contributed by atoms with E-state index in [9.17, 15) is 19.5 Å². The van der Waals surface area contributed by atoms with Gasteiger partial charge in [-0.1, -0.05) is 72.6 Å². The van der Waals surface area contributed by atoms with E-state index in [1.807, 2.05) is 20.8 Å². The van der Waals surface area contributed by atoms with E-state index in [2.05, 4.69) is 49.9 Å². The quantitative estimate of drug-likeness (QED) is 0.0955. The van der Waals surface area contributed by atoms with Crippen molar-refractivity contribution < 1.29 is 29.0 Å². The first-order chi connectivity index (χ1) is 22.7. The molecule has 1 aliphatic rings. The molecular weight excluding hydrogens is 606 g/mol. The lowest BCUT2D eigenvalue weighted by Gasteiger charge is -2.38. The molecule has 0 spiro atoms. The van der Waals surface area contributed by atoms with E-state index in [1.165, 1.54) is 57.5 Å². The number of nitrogens with zero attached hydrogens (tertiary/aromatic N) is 1. The number of aromatic nitrogens is 2. The molecule has 0 aliphatic carbocycles. The zero-order valence-corrected chi connectivity index (χ0v) is 30.8. The maximum Gasteiger partial charge on any atom is 0.326 e. The summed E-state index contributed by atoms with van der Waals surface area (Å²) in [6, 6.07) is -1.13. The first-order valence-electron chi connectivity index (χ1n) is 18.2.